The first-order valence-corrected chi connectivity index (χ1v) is 7.24. The van der Waals surface area contributed by atoms with Crippen molar-refractivity contribution in [3.63, 3.8) is 0 Å². The summed E-state index contributed by atoms with van der Waals surface area (Å²) in [6, 6.07) is 5.02. The summed E-state index contributed by atoms with van der Waals surface area (Å²) in [6.45, 7) is 6.41. The Morgan fingerprint density at radius 2 is 1.95 bits per heavy atom. The number of piperidine rings is 1. The second-order valence-electron chi connectivity index (χ2n) is 5.54. The first-order chi connectivity index (χ1) is 10.0. The molecule has 0 bridgehead atoms. The molecule has 0 amide bonds. The molecule has 0 aromatic heterocycles. The van der Waals surface area contributed by atoms with E-state index in [4.69, 9.17) is 9.47 Å². The van der Waals surface area contributed by atoms with E-state index in [1.165, 1.54) is 19.2 Å². The van der Waals surface area contributed by atoms with Gasteiger partial charge in [0, 0.05) is 25.2 Å². The van der Waals surface area contributed by atoms with Crippen molar-refractivity contribution in [2.45, 2.75) is 38.8 Å². The van der Waals surface area contributed by atoms with Crippen molar-refractivity contribution >= 4 is 5.69 Å². The van der Waals surface area contributed by atoms with Crippen molar-refractivity contribution in [2.75, 3.05) is 20.2 Å². The second-order valence-corrected chi connectivity index (χ2v) is 5.54. The maximum atomic E-state index is 10.8. The van der Waals surface area contributed by atoms with Gasteiger partial charge in [0.25, 0.3) is 5.69 Å². The molecule has 1 aromatic rings. The average Bonchev–Trinajstić information content (AvgIpc) is 2.48. The van der Waals surface area contributed by atoms with Crippen molar-refractivity contribution in [3.8, 4) is 11.5 Å². The first kappa shape index (κ1) is 15.6. The van der Waals surface area contributed by atoms with Gasteiger partial charge in [0.1, 0.15) is 6.10 Å². The monoisotopic (exact) mass is 294 g/mol. The van der Waals surface area contributed by atoms with Crippen molar-refractivity contribution in [2.24, 2.45) is 0 Å². The van der Waals surface area contributed by atoms with E-state index in [-0.39, 0.29) is 11.8 Å². The predicted molar refractivity (Wildman–Crippen MR) is 80.0 cm³/mol. The summed E-state index contributed by atoms with van der Waals surface area (Å²) in [5, 5.41) is 10.8. The molecule has 0 unspecified atom stereocenters. The van der Waals surface area contributed by atoms with E-state index in [9.17, 15) is 10.1 Å². The van der Waals surface area contributed by atoms with Gasteiger partial charge in [-0.25, -0.2) is 0 Å². The molecule has 0 N–H and O–H groups in total. The minimum Gasteiger partial charge on any atom is -0.493 e. The number of ether oxygens (including phenoxy) is 2. The van der Waals surface area contributed by atoms with Crippen LogP contribution in [0.4, 0.5) is 5.69 Å². The molecule has 6 nitrogen and oxygen atoms in total. The number of non-ortho nitro benzene ring substituents is 1. The Morgan fingerprint density at radius 3 is 2.48 bits per heavy atom. The van der Waals surface area contributed by atoms with E-state index in [1.54, 1.807) is 6.07 Å². The Bertz CT molecular complexity index is 496. The quantitative estimate of drug-likeness (QED) is 0.617. The lowest BCUT2D eigenvalue weighted by Crippen LogP contribution is -2.41. The summed E-state index contributed by atoms with van der Waals surface area (Å²) in [5.74, 6) is 0.988. The Balaban J connectivity index is 2.02. The molecule has 6 heteroatoms. The Morgan fingerprint density at radius 1 is 1.29 bits per heavy atom. The number of nitro benzene ring substituents is 1. The smallest absolute Gasteiger partial charge is 0.273 e. The van der Waals surface area contributed by atoms with Crippen LogP contribution in [-0.4, -0.2) is 42.2 Å². The number of nitrogens with zero attached hydrogens (tertiary/aromatic N) is 2. The largest absolute Gasteiger partial charge is 0.493 e. The zero-order valence-electron chi connectivity index (χ0n) is 12.7. The zero-order chi connectivity index (χ0) is 15.4. The molecule has 1 aliphatic heterocycles. The highest BCUT2D eigenvalue weighted by Gasteiger charge is 2.23. The van der Waals surface area contributed by atoms with Gasteiger partial charge in [-0.15, -0.1) is 0 Å². The molecule has 116 valence electrons. The lowest BCUT2D eigenvalue weighted by Gasteiger charge is -2.34. The average molecular weight is 294 g/mol. The lowest BCUT2D eigenvalue weighted by molar-refractivity contribution is -0.385. The number of methoxy groups -OCH3 is 1. The minimum absolute atomic E-state index is 0.00817. The molecular formula is C15H22N2O4. The lowest BCUT2D eigenvalue weighted by atomic mass is 10.1. The van der Waals surface area contributed by atoms with Crippen LogP contribution in [0.15, 0.2) is 18.2 Å². The van der Waals surface area contributed by atoms with E-state index in [1.807, 2.05) is 0 Å². The van der Waals surface area contributed by atoms with Gasteiger partial charge in [-0.2, -0.15) is 0 Å². The van der Waals surface area contributed by atoms with Crippen LogP contribution in [0.25, 0.3) is 0 Å². The van der Waals surface area contributed by atoms with E-state index in [0.29, 0.717) is 17.5 Å². The van der Waals surface area contributed by atoms with Gasteiger partial charge in [-0.3, -0.25) is 10.1 Å². The van der Waals surface area contributed by atoms with Gasteiger partial charge in [-0.1, -0.05) is 0 Å². The molecular weight excluding hydrogens is 272 g/mol. The Kier molecular flexibility index (Phi) is 5.01. The zero-order valence-corrected chi connectivity index (χ0v) is 12.7. The van der Waals surface area contributed by atoms with E-state index in [2.05, 4.69) is 18.7 Å². The van der Waals surface area contributed by atoms with Crippen LogP contribution >= 0.6 is 0 Å². The fourth-order valence-electron chi connectivity index (χ4n) is 2.56. The number of rotatable bonds is 5. The summed E-state index contributed by atoms with van der Waals surface area (Å²) in [4.78, 5) is 12.8. The van der Waals surface area contributed by atoms with Crippen molar-refractivity contribution in [3.05, 3.63) is 28.3 Å². The summed E-state index contributed by atoms with van der Waals surface area (Å²) in [6.07, 6.45) is 2.05. The summed E-state index contributed by atoms with van der Waals surface area (Å²) >= 11 is 0. The molecule has 1 saturated heterocycles. The van der Waals surface area contributed by atoms with Crippen molar-refractivity contribution in [1.82, 2.24) is 4.90 Å². The molecule has 1 fully saturated rings. The van der Waals surface area contributed by atoms with Crippen LogP contribution in [0.1, 0.15) is 26.7 Å². The molecule has 0 radical (unpaired) electrons. The number of likely N-dealkylation sites (tertiary alicyclic amines) is 1. The highest BCUT2D eigenvalue weighted by Crippen LogP contribution is 2.33. The van der Waals surface area contributed by atoms with Crippen molar-refractivity contribution < 1.29 is 14.4 Å². The maximum Gasteiger partial charge on any atom is 0.273 e. The van der Waals surface area contributed by atoms with Crippen LogP contribution in [0, 0.1) is 10.1 Å². The summed E-state index contributed by atoms with van der Waals surface area (Å²) in [7, 11) is 1.49. The molecule has 0 spiro atoms. The maximum absolute atomic E-state index is 10.8. The highest BCUT2D eigenvalue weighted by molar-refractivity contribution is 5.48. The number of hydrogen-bond acceptors (Lipinski definition) is 5. The molecule has 2 rings (SSSR count). The summed E-state index contributed by atoms with van der Waals surface area (Å²) in [5.41, 5.74) is 0.00817. The van der Waals surface area contributed by atoms with E-state index < -0.39 is 4.92 Å². The van der Waals surface area contributed by atoms with Crippen LogP contribution < -0.4 is 9.47 Å². The standard InChI is InChI=1S/C15H22N2O4/c1-11(2)16-8-6-13(7-9-16)21-14-5-4-12(17(18)19)10-15(14)20-3/h4-5,10-11,13H,6-9H2,1-3H3. The molecule has 1 aromatic carbocycles. The number of benzene rings is 1. The van der Waals surface area contributed by atoms with Gasteiger partial charge in [0.15, 0.2) is 11.5 Å². The molecule has 21 heavy (non-hydrogen) atoms. The summed E-state index contributed by atoms with van der Waals surface area (Å²) < 4.78 is 11.2. The molecule has 0 atom stereocenters. The molecule has 0 aliphatic carbocycles. The van der Waals surface area contributed by atoms with Gasteiger partial charge < -0.3 is 14.4 Å². The highest BCUT2D eigenvalue weighted by atomic mass is 16.6. The van der Waals surface area contributed by atoms with Crippen molar-refractivity contribution in [1.29, 1.82) is 0 Å². The van der Waals surface area contributed by atoms with E-state index in [0.717, 1.165) is 25.9 Å². The van der Waals surface area contributed by atoms with Crippen LogP contribution in [0.2, 0.25) is 0 Å². The minimum atomic E-state index is -0.437. The van der Waals surface area contributed by atoms with Gasteiger partial charge in [-0.05, 0) is 32.8 Å². The topological polar surface area (TPSA) is 64.8 Å². The number of nitro groups is 1. The van der Waals surface area contributed by atoms with Gasteiger partial charge in [0.2, 0.25) is 0 Å². The molecule has 0 saturated carbocycles. The SMILES string of the molecule is COc1cc([N+](=O)[O-])ccc1OC1CCN(C(C)C)CC1. The second kappa shape index (κ2) is 6.76. The normalized spacial score (nSPS) is 17.0. The van der Waals surface area contributed by atoms with Gasteiger partial charge in [0.05, 0.1) is 18.1 Å². The fraction of sp³-hybridized carbons (Fsp3) is 0.600. The molecule has 1 aliphatic rings. The third-order valence-corrected chi connectivity index (χ3v) is 3.86. The first-order valence-electron chi connectivity index (χ1n) is 7.24. The van der Waals surface area contributed by atoms with Crippen LogP contribution in [0.3, 0.4) is 0 Å². The van der Waals surface area contributed by atoms with Crippen LogP contribution in [-0.2, 0) is 0 Å². The van der Waals surface area contributed by atoms with E-state index >= 15 is 0 Å². The number of hydrogen-bond donors (Lipinski definition) is 0. The Labute approximate surface area is 124 Å². The van der Waals surface area contributed by atoms with Crippen LogP contribution in [0.5, 0.6) is 11.5 Å². The predicted octanol–water partition coefficient (Wildman–Crippen LogP) is 2.86. The fourth-order valence-corrected chi connectivity index (χ4v) is 2.56. The Hall–Kier alpha value is -1.82. The van der Waals surface area contributed by atoms with Gasteiger partial charge >= 0.3 is 0 Å². The molecule has 1 heterocycles. The third kappa shape index (κ3) is 3.85. The third-order valence-electron chi connectivity index (χ3n) is 3.86.